The van der Waals surface area contributed by atoms with Crippen LogP contribution in [0.25, 0.3) is 0 Å². The molecule has 0 heterocycles. The SMILES string of the molecule is CCNC(CCN(C)C(C)(C)CC)c1ccccc1. The summed E-state index contributed by atoms with van der Waals surface area (Å²) in [5.74, 6) is 0. The highest BCUT2D eigenvalue weighted by atomic mass is 15.2. The van der Waals surface area contributed by atoms with Gasteiger partial charge >= 0.3 is 0 Å². The van der Waals surface area contributed by atoms with Gasteiger partial charge in [-0.15, -0.1) is 0 Å². The number of nitrogens with one attached hydrogen (secondary N) is 1. The van der Waals surface area contributed by atoms with Crippen molar-refractivity contribution >= 4 is 0 Å². The fourth-order valence-corrected chi connectivity index (χ4v) is 2.21. The van der Waals surface area contributed by atoms with Gasteiger partial charge in [0.15, 0.2) is 0 Å². The molecule has 0 aromatic heterocycles. The van der Waals surface area contributed by atoms with Gasteiger partial charge in [0.25, 0.3) is 0 Å². The molecule has 0 aliphatic carbocycles. The number of hydrogen-bond acceptors (Lipinski definition) is 2. The second-order valence-electron chi connectivity index (χ2n) is 5.90. The molecule has 108 valence electrons. The normalized spacial score (nSPS) is 13.8. The predicted octanol–water partition coefficient (Wildman–Crippen LogP) is 3.85. The summed E-state index contributed by atoms with van der Waals surface area (Å²) in [6.07, 6.45) is 2.33. The van der Waals surface area contributed by atoms with E-state index >= 15 is 0 Å². The Morgan fingerprint density at radius 3 is 2.32 bits per heavy atom. The van der Waals surface area contributed by atoms with Crippen molar-refractivity contribution in [1.29, 1.82) is 0 Å². The molecule has 1 aromatic carbocycles. The highest BCUT2D eigenvalue weighted by molar-refractivity contribution is 5.18. The van der Waals surface area contributed by atoms with Crippen molar-refractivity contribution in [3.63, 3.8) is 0 Å². The second-order valence-corrected chi connectivity index (χ2v) is 5.90. The van der Waals surface area contributed by atoms with Crippen LogP contribution in [-0.4, -0.2) is 30.6 Å². The Balaban J connectivity index is 2.61. The van der Waals surface area contributed by atoms with Gasteiger partial charge in [-0.25, -0.2) is 0 Å². The first-order valence-electron chi connectivity index (χ1n) is 7.50. The Morgan fingerprint density at radius 2 is 1.79 bits per heavy atom. The molecular weight excluding hydrogens is 232 g/mol. The molecule has 1 aromatic rings. The van der Waals surface area contributed by atoms with Gasteiger partial charge in [0.2, 0.25) is 0 Å². The first-order chi connectivity index (χ1) is 9.01. The van der Waals surface area contributed by atoms with Crippen LogP contribution in [0, 0.1) is 0 Å². The Bertz CT molecular complexity index is 346. The van der Waals surface area contributed by atoms with Crippen LogP contribution in [0.4, 0.5) is 0 Å². The van der Waals surface area contributed by atoms with Crippen LogP contribution < -0.4 is 5.32 Å². The molecule has 2 nitrogen and oxygen atoms in total. The maximum atomic E-state index is 3.60. The van der Waals surface area contributed by atoms with E-state index in [9.17, 15) is 0 Å². The summed E-state index contributed by atoms with van der Waals surface area (Å²) in [6, 6.07) is 11.2. The topological polar surface area (TPSA) is 15.3 Å². The summed E-state index contributed by atoms with van der Waals surface area (Å²) >= 11 is 0. The van der Waals surface area contributed by atoms with Gasteiger partial charge in [-0.3, -0.25) is 0 Å². The van der Waals surface area contributed by atoms with Gasteiger partial charge in [0, 0.05) is 18.1 Å². The monoisotopic (exact) mass is 262 g/mol. The Morgan fingerprint density at radius 1 is 1.16 bits per heavy atom. The molecule has 19 heavy (non-hydrogen) atoms. The van der Waals surface area contributed by atoms with Crippen LogP contribution >= 0.6 is 0 Å². The molecule has 0 saturated heterocycles. The quantitative estimate of drug-likeness (QED) is 0.765. The molecule has 0 spiro atoms. The fourth-order valence-electron chi connectivity index (χ4n) is 2.21. The maximum Gasteiger partial charge on any atom is 0.0332 e. The first-order valence-corrected chi connectivity index (χ1v) is 7.50. The van der Waals surface area contributed by atoms with E-state index in [2.05, 4.69) is 75.3 Å². The van der Waals surface area contributed by atoms with Crippen molar-refractivity contribution < 1.29 is 0 Å². The van der Waals surface area contributed by atoms with Crippen molar-refractivity contribution in [1.82, 2.24) is 10.2 Å². The highest BCUT2D eigenvalue weighted by Gasteiger charge is 2.21. The number of hydrogen-bond donors (Lipinski definition) is 1. The van der Waals surface area contributed by atoms with Gasteiger partial charge in [-0.1, -0.05) is 44.2 Å². The van der Waals surface area contributed by atoms with E-state index in [1.807, 2.05) is 0 Å². The van der Waals surface area contributed by atoms with Crippen molar-refractivity contribution in [2.75, 3.05) is 20.1 Å². The summed E-state index contributed by atoms with van der Waals surface area (Å²) in [5.41, 5.74) is 1.68. The molecule has 0 aliphatic rings. The molecule has 1 atom stereocenters. The van der Waals surface area contributed by atoms with Crippen LogP contribution in [0.5, 0.6) is 0 Å². The summed E-state index contributed by atoms with van der Waals surface area (Å²) in [4.78, 5) is 2.47. The van der Waals surface area contributed by atoms with Crippen LogP contribution in [0.3, 0.4) is 0 Å². The maximum absolute atomic E-state index is 3.60. The summed E-state index contributed by atoms with van der Waals surface area (Å²) in [6.45, 7) is 11.2. The minimum Gasteiger partial charge on any atom is -0.310 e. The molecule has 0 radical (unpaired) electrons. The lowest BCUT2D eigenvalue weighted by atomic mass is 9.98. The molecular formula is C17H30N2. The molecule has 1 N–H and O–H groups in total. The molecule has 1 unspecified atom stereocenters. The zero-order chi connectivity index (χ0) is 14.3. The van der Waals surface area contributed by atoms with E-state index < -0.39 is 0 Å². The molecule has 0 fully saturated rings. The zero-order valence-electron chi connectivity index (χ0n) is 13.2. The van der Waals surface area contributed by atoms with E-state index in [1.165, 1.54) is 12.0 Å². The molecule has 0 bridgehead atoms. The zero-order valence-corrected chi connectivity index (χ0v) is 13.2. The van der Waals surface area contributed by atoms with Crippen LogP contribution in [0.1, 0.15) is 52.1 Å². The molecule has 0 saturated carbocycles. The van der Waals surface area contributed by atoms with E-state index in [0.717, 1.165) is 19.5 Å². The summed E-state index contributed by atoms with van der Waals surface area (Å²) in [5, 5.41) is 3.60. The second kappa shape index (κ2) is 7.66. The Hall–Kier alpha value is -0.860. The average Bonchev–Trinajstić information content (AvgIpc) is 2.44. The largest absolute Gasteiger partial charge is 0.310 e. The fraction of sp³-hybridized carbons (Fsp3) is 0.647. The van der Waals surface area contributed by atoms with Crippen LogP contribution in [0.2, 0.25) is 0 Å². The van der Waals surface area contributed by atoms with Crippen molar-refractivity contribution in [2.24, 2.45) is 0 Å². The standard InChI is InChI=1S/C17H30N2/c1-6-17(3,4)19(5)14-13-16(18-7-2)15-11-9-8-10-12-15/h8-12,16,18H,6-7,13-14H2,1-5H3. The minimum absolute atomic E-state index is 0.285. The third kappa shape index (κ3) is 4.96. The van der Waals surface area contributed by atoms with E-state index in [0.29, 0.717) is 6.04 Å². The van der Waals surface area contributed by atoms with E-state index in [-0.39, 0.29) is 5.54 Å². The van der Waals surface area contributed by atoms with Gasteiger partial charge in [-0.2, -0.15) is 0 Å². The third-order valence-electron chi connectivity index (χ3n) is 4.30. The number of nitrogens with zero attached hydrogens (tertiary/aromatic N) is 1. The molecule has 0 aliphatic heterocycles. The average molecular weight is 262 g/mol. The van der Waals surface area contributed by atoms with Crippen LogP contribution in [0.15, 0.2) is 30.3 Å². The van der Waals surface area contributed by atoms with Gasteiger partial charge in [0.05, 0.1) is 0 Å². The Kier molecular flexibility index (Phi) is 6.53. The van der Waals surface area contributed by atoms with Crippen molar-refractivity contribution in [2.45, 2.75) is 52.1 Å². The predicted molar refractivity (Wildman–Crippen MR) is 84.5 cm³/mol. The van der Waals surface area contributed by atoms with Crippen LogP contribution in [-0.2, 0) is 0 Å². The molecule has 0 amide bonds. The van der Waals surface area contributed by atoms with Crippen molar-refractivity contribution in [3.8, 4) is 0 Å². The minimum atomic E-state index is 0.285. The van der Waals surface area contributed by atoms with Gasteiger partial charge in [0.1, 0.15) is 0 Å². The third-order valence-corrected chi connectivity index (χ3v) is 4.30. The summed E-state index contributed by atoms with van der Waals surface area (Å²) < 4.78 is 0. The lowest BCUT2D eigenvalue weighted by Gasteiger charge is -2.35. The Labute approximate surface area is 119 Å². The summed E-state index contributed by atoms with van der Waals surface area (Å²) in [7, 11) is 2.23. The van der Waals surface area contributed by atoms with Gasteiger partial charge < -0.3 is 10.2 Å². The molecule has 2 heteroatoms. The lowest BCUT2D eigenvalue weighted by Crippen LogP contribution is -2.42. The smallest absolute Gasteiger partial charge is 0.0332 e. The lowest BCUT2D eigenvalue weighted by molar-refractivity contribution is 0.144. The number of benzene rings is 1. The van der Waals surface area contributed by atoms with Gasteiger partial charge in [-0.05, 0) is 45.8 Å². The number of rotatable bonds is 8. The highest BCUT2D eigenvalue weighted by Crippen LogP contribution is 2.21. The first kappa shape index (κ1) is 16.2. The van der Waals surface area contributed by atoms with Crippen molar-refractivity contribution in [3.05, 3.63) is 35.9 Å². The van der Waals surface area contributed by atoms with E-state index in [4.69, 9.17) is 0 Å². The van der Waals surface area contributed by atoms with E-state index in [1.54, 1.807) is 0 Å². The molecule has 1 rings (SSSR count).